The molecule has 184 valence electrons. The van der Waals surface area contributed by atoms with Gasteiger partial charge in [-0.2, -0.15) is 0 Å². The monoisotopic (exact) mass is 511 g/mol. The average molecular weight is 512 g/mol. The summed E-state index contributed by atoms with van der Waals surface area (Å²) in [6.45, 7) is 6.89. The van der Waals surface area contributed by atoms with Crippen LogP contribution in [0.5, 0.6) is 0 Å². The van der Waals surface area contributed by atoms with Crippen LogP contribution in [0.15, 0.2) is 126 Å². The van der Waals surface area contributed by atoms with Crippen molar-refractivity contribution in [2.24, 2.45) is 0 Å². The minimum atomic E-state index is -3.75. The topological polar surface area (TPSA) is 37.4 Å². The third kappa shape index (κ3) is 5.86. The molecular weight excluding hydrogens is 478 g/mol. The molecule has 0 saturated carbocycles. The summed E-state index contributed by atoms with van der Waals surface area (Å²) in [6.07, 6.45) is 2.53. The zero-order valence-electron chi connectivity index (χ0n) is 21.1. The van der Waals surface area contributed by atoms with E-state index in [0.29, 0.717) is 17.9 Å². The molecule has 0 aliphatic rings. The summed E-state index contributed by atoms with van der Waals surface area (Å²) in [5.74, 6) is 0. The highest BCUT2D eigenvalue weighted by Crippen LogP contribution is 2.29. The van der Waals surface area contributed by atoms with Crippen molar-refractivity contribution in [1.29, 1.82) is 0 Å². The second kappa shape index (κ2) is 11.1. The molecule has 5 heteroatoms. The van der Waals surface area contributed by atoms with Gasteiger partial charge < -0.3 is 0 Å². The van der Waals surface area contributed by atoms with Crippen LogP contribution in [0.3, 0.4) is 0 Å². The van der Waals surface area contributed by atoms with Crippen LogP contribution >= 0.6 is 0 Å². The van der Waals surface area contributed by atoms with Crippen LogP contribution in [0.4, 0.5) is 0 Å². The maximum atomic E-state index is 14.0. The highest BCUT2D eigenvalue weighted by molar-refractivity contribution is 7.89. The normalized spacial score (nSPS) is 12.4. The molecule has 0 aromatic heterocycles. The van der Waals surface area contributed by atoms with E-state index < -0.39 is 18.1 Å². The fourth-order valence-electron chi connectivity index (χ4n) is 4.35. The number of hydrogen-bond acceptors (Lipinski definition) is 2. The van der Waals surface area contributed by atoms with Crippen LogP contribution in [0, 0.1) is 6.92 Å². The minimum absolute atomic E-state index is 0.309. The molecule has 0 spiro atoms. The van der Waals surface area contributed by atoms with Crippen LogP contribution in [0.1, 0.15) is 16.7 Å². The molecule has 0 fully saturated rings. The second-order valence-corrected chi connectivity index (χ2v) is 15.8. The molecule has 36 heavy (non-hydrogen) atoms. The standard InChI is InChI=1S/C31H33NO2SSi/c1-26-19-21-29(22-20-26)35(33,34)32(24-23-27-13-7-4-8-14-27)25-31(28-15-9-5-10-16-28)36(2,3)30-17-11-6-12-18-30/h4-22,25H,23-24H2,1-3H3/b31-25+. The molecular formula is C31H33NO2SSi. The van der Waals surface area contributed by atoms with Gasteiger partial charge in [-0.25, -0.2) is 8.42 Å². The van der Waals surface area contributed by atoms with Crippen molar-refractivity contribution in [2.45, 2.75) is 31.3 Å². The molecule has 0 bridgehead atoms. The van der Waals surface area contributed by atoms with Crippen LogP contribution < -0.4 is 5.19 Å². The molecule has 0 heterocycles. The summed E-state index contributed by atoms with van der Waals surface area (Å²) < 4.78 is 29.5. The molecule has 0 radical (unpaired) electrons. The first-order chi connectivity index (χ1) is 17.3. The van der Waals surface area contributed by atoms with Gasteiger partial charge in [0.25, 0.3) is 10.0 Å². The Morgan fingerprint density at radius 3 is 1.86 bits per heavy atom. The largest absolute Gasteiger partial charge is 0.273 e. The van der Waals surface area contributed by atoms with E-state index >= 15 is 0 Å². The number of rotatable bonds is 9. The molecule has 0 N–H and O–H groups in total. The highest BCUT2D eigenvalue weighted by atomic mass is 32.2. The lowest BCUT2D eigenvalue weighted by Crippen LogP contribution is -2.44. The third-order valence-corrected chi connectivity index (χ3v) is 11.9. The van der Waals surface area contributed by atoms with Gasteiger partial charge >= 0.3 is 0 Å². The Morgan fingerprint density at radius 1 is 0.750 bits per heavy atom. The fourth-order valence-corrected chi connectivity index (χ4v) is 8.48. The summed E-state index contributed by atoms with van der Waals surface area (Å²) in [7, 11) is -6.01. The maximum Gasteiger partial charge on any atom is 0.263 e. The van der Waals surface area contributed by atoms with Crippen LogP contribution in [0.25, 0.3) is 5.20 Å². The molecule has 4 rings (SSSR count). The lowest BCUT2D eigenvalue weighted by atomic mass is 10.1. The smallest absolute Gasteiger partial charge is 0.263 e. The lowest BCUT2D eigenvalue weighted by molar-refractivity contribution is 0.500. The average Bonchev–Trinajstić information content (AvgIpc) is 2.90. The van der Waals surface area contributed by atoms with Crippen molar-refractivity contribution >= 4 is 28.5 Å². The van der Waals surface area contributed by atoms with Crippen molar-refractivity contribution in [3.8, 4) is 0 Å². The van der Waals surface area contributed by atoms with E-state index in [9.17, 15) is 8.42 Å². The van der Waals surface area contributed by atoms with Gasteiger partial charge in [-0.15, -0.1) is 0 Å². The van der Waals surface area contributed by atoms with Crippen molar-refractivity contribution in [3.05, 3.63) is 138 Å². The molecule has 0 amide bonds. The SMILES string of the molecule is Cc1ccc(S(=O)(=O)N(/C=C(\c2ccccc2)[Si](C)(C)c2ccccc2)CCc2ccccc2)cc1. The minimum Gasteiger partial charge on any atom is -0.273 e. The maximum absolute atomic E-state index is 14.0. The first-order valence-electron chi connectivity index (χ1n) is 12.2. The van der Waals surface area contributed by atoms with Crippen molar-refractivity contribution in [3.63, 3.8) is 0 Å². The quantitative estimate of drug-likeness (QED) is 0.243. The fraction of sp³-hybridized carbons (Fsp3) is 0.161. The summed E-state index contributed by atoms with van der Waals surface area (Å²) in [4.78, 5) is 0.309. The summed E-state index contributed by atoms with van der Waals surface area (Å²) in [6, 6.07) is 37.8. The summed E-state index contributed by atoms with van der Waals surface area (Å²) in [5.41, 5.74) is 3.19. The highest BCUT2D eigenvalue weighted by Gasteiger charge is 2.32. The predicted molar refractivity (Wildman–Crippen MR) is 153 cm³/mol. The van der Waals surface area contributed by atoms with Crippen LogP contribution in [-0.2, 0) is 16.4 Å². The number of hydrogen-bond donors (Lipinski definition) is 0. The zero-order chi connectivity index (χ0) is 25.6. The molecule has 0 atom stereocenters. The van der Waals surface area contributed by atoms with Crippen molar-refractivity contribution < 1.29 is 8.42 Å². The van der Waals surface area contributed by atoms with E-state index in [1.807, 2.05) is 79.9 Å². The Hall–Kier alpha value is -3.41. The molecule has 0 aliphatic heterocycles. The molecule has 0 saturated heterocycles. The Labute approximate surface area is 216 Å². The molecule has 0 unspecified atom stereocenters. The Bertz CT molecular complexity index is 1400. The first-order valence-corrected chi connectivity index (χ1v) is 16.7. The van der Waals surface area contributed by atoms with Gasteiger partial charge in [0.2, 0.25) is 0 Å². The second-order valence-electron chi connectivity index (χ2n) is 9.56. The van der Waals surface area contributed by atoms with E-state index in [2.05, 4.69) is 49.5 Å². The van der Waals surface area contributed by atoms with Gasteiger partial charge in [-0.3, -0.25) is 4.31 Å². The van der Waals surface area contributed by atoms with E-state index in [1.54, 1.807) is 16.4 Å². The number of nitrogens with zero attached hydrogens (tertiary/aromatic N) is 1. The molecule has 4 aromatic carbocycles. The van der Waals surface area contributed by atoms with E-state index in [1.165, 1.54) is 5.19 Å². The predicted octanol–water partition coefficient (Wildman–Crippen LogP) is 6.42. The lowest BCUT2D eigenvalue weighted by Gasteiger charge is -2.30. The van der Waals surface area contributed by atoms with E-state index in [0.717, 1.165) is 21.9 Å². The van der Waals surface area contributed by atoms with Gasteiger partial charge in [0.1, 0.15) is 8.07 Å². The van der Waals surface area contributed by atoms with Crippen molar-refractivity contribution in [1.82, 2.24) is 4.31 Å². The molecule has 0 aliphatic carbocycles. The van der Waals surface area contributed by atoms with Crippen LogP contribution in [-0.4, -0.2) is 27.3 Å². The summed E-state index contributed by atoms with van der Waals surface area (Å²) >= 11 is 0. The van der Waals surface area contributed by atoms with Gasteiger partial charge in [-0.05, 0) is 41.8 Å². The number of benzene rings is 4. The Balaban J connectivity index is 1.85. The van der Waals surface area contributed by atoms with Crippen molar-refractivity contribution in [2.75, 3.05) is 6.54 Å². The molecule has 4 aromatic rings. The van der Waals surface area contributed by atoms with Gasteiger partial charge in [0.05, 0.1) is 4.90 Å². The Kier molecular flexibility index (Phi) is 7.92. The van der Waals surface area contributed by atoms with Gasteiger partial charge in [0, 0.05) is 12.7 Å². The van der Waals surface area contributed by atoms with Gasteiger partial charge in [0.15, 0.2) is 0 Å². The number of aryl methyl sites for hydroxylation is 1. The van der Waals surface area contributed by atoms with Gasteiger partial charge in [-0.1, -0.05) is 127 Å². The zero-order valence-corrected chi connectivity index (χ0v) is 22.9. The van der Waals surface area contributed by atoms with Crippen LogP contribution in [0.2, 0.25) is 13.1 Å². The summed E-state index contributed by atoms with van der Waals surface area (Å²) in [5, 5.41) is 2.34. The van der Waals surface area contributed by atoms with E-state index in [-0.39, 0.29) is 0 Å². The Morgan fingerprint density at radius 2 is 1.28 bits per heavy atom. The third-order valence-electron chi connectivity index (χ3n) is 6.62. The first kappa shape index (κ1) is 25.7. The van der Waals surface area contributed by atoms with E-state index in [4.69, 9.17) is 0 Å². The molecule has 3 nitrogen and oxygen atoms in total. The number of sulfonamides is 1.